The van der Waals surface area contributed by atoms with Gasteiger partial charge in [-0.25, -0.2) is 9.37 Å². The van der Waals surface area contributed by atoms with Crippen molar-refractivity contribution >= 4 is 24.2 Å². The van der Waals surface area contributed by atoms with Crippen molar-refractivity contribution in [1.29, 1.82) is 0 Å². The molecule has 1 aliphatic rings. The predicted molar refractivity (Wildman–Crippen MR) is 103 cm³/mol. The van der Waals surface area contributed by atoms with Crippen molar-refractivity contribution in [3.05, 3.63) is 35.1 Å². The molecule has 0 saturated carbocycles. The molecule has 1 saturated heterocycles. The number of hydrogen-bond donors (Lipinski definition) is 0. The first kappa shape index (κ1) is 19.9. The van der Waals surface area contributed by atoms with Gasteiger partial charge in [-0.05, 0) is 27.7 Å². The Kier molecular flexibility index (Phi) is 5.14. The quantitative estimate of drug-likeness (QED) is 0.738. The summed E-state index contributed by atoms with van der Waals surface area (Å²) in [5, 5.41) is 0.384. The minimum atomic E-state index is -0.632. The zero-order chi connectivity index (χ0) is 20.0. The summed E-state index contributed by atoms with van der Waals surface area (Å²) < 4.78 is 36.7. The minimum Gasteiger partial charge on any atom is -0.489 e. The monoisotopic (exact) mass is 393 g/mol. The molecule has 8 heteroatoms. The van der Waals surface area contributed by atoms with Crippen LogP contribution < -0.4 is 14.9 Å². The first-order valence-electron chi connectivity index (χ1n) is 8.54. The fraction of sp³-hybridized carbons (Fsp3) is 0.421. The molecule has 144 valence electrons. The summed E-state index contributed by atoms with van der Waals surface area (Å²) in [5.41, 5.74) is 0.539. The highest BCUT2D eigenvalue weighted by atomic mass is 35.5. The Labute approximate surface area is 163 Å². The number of benzene rings is 1. The van der Waals surface area contributed by atoms with Crippen LogP contribution in [0.4, 0.5) is 4.39 Å². The number of ether oxygens (including phenoxy) is 2. The zero-order valence-electron chi connectivity index (χ0n) is 16.2. The van der Waals surface area contributed by atoms with Crippen molar-refractivity contribution in [1.82, 2.24) is 4.98 Å². The molecule has 0 atom stereocenters. The summed E-state index contributed by atoms with van der Waals surface area (Å²) in [6, 6.07) is 6.64. The van der Waals surface area contributed by atoms with Crippen LogP contribution in [0, 0.1) is 5.82 Å². The van der Waals surface area contributed by atoms with Gasteiger partial charge in [0.2, 0.25) is 5.75 Å². The molecule has 1 aliphatic heterocycles. The maximum absolute atomic E-state index is 14.4. The van der Waals surface area contributed by atoms with Crippen molar-refractivity contribution in [2.24, 2.45) is 0 Å². The average Bonchev–Trinajstić information content (AvgIpc) is 2.81. The Hall–Kier alpha value is -1.83. The fourth-order valence-electron chi connectivity index (χ4n) is 2.84. The van der Waals surface area contributed by atoms with E-state index in [0.717, 1.165) is 0 Å². The van der Waals surface area contributed by atoms with E-state index in [1.54, 1.807) is 12.1 Å². The fourth-order valence-corrected chi connectivity index (χ4v) is 3.15. The lowest BCUT2D eigenvalue weighted by Crippen LogP contribution is -2.41. The third kappa shape index (κ3) is 3.39. The molecule has 0 unspecified atom stereocenters. The average molecular weight is 394 g/mol. The number of rotatable bonds is 4. The highest BCUT2D eigenvalue weighted by Crippen LogP contribution is 2.38. The van der Waals surface area contributed by atoms with Crippen molar-refractivity contribution in [3.63, 3.8) is 0 Å². The predicted octanol–water partition coefficient (Wildman–Crippen LogP) is 3.86. The topological polar surface area (TPSA) is 49.8 Å². The van der Waals surface area contributed by atoms with Gasteiger partial charge in [0.15, 0.2) is 5.82 Å². The molecular weight excluding hydrogens is 371 g/mol. The Bertz CT molecular complexity index is 859. The Morgan fingerprint density at radius 1 is 1.07 bits per heavy atom. The molecular formula is C19H22BClFNO4. The molecule has 5 nitrogen and oxygen atoms in total. The maximum Gasteiger partial charge on any atom is 0.496 e. The second-order valence-electron chi connectivity index (χ2n) is 7.33. The number of aromatic nitrogens is 1. The van der Waals surface area contributed by atoms with Gasteiger partial charge < -0.3 is 18.8 Å². The van der Waals surface area contributed by atoms with Crippen LogP contribution in [0.1, 0.15) is 27.7 Å². The van der Waals surface area contributed by atoms with Crippen molar-refractivity contribution in [2.45, 2.75) is 38.9 Å². The molecule has 1 aromatic carbocycles. The zero-order valence-corrected chi connectivity index (χ0v) is 17.0. The maximum atomic E-state index is 14.4. The number of nitrogens with zero attached hydrogens (tertiary/aromatic N) is 1. The largest absolute Gasteiger partial charge is 0.496 e. The summed E-state index contributed by atoms with van der Waals surface area (Å²) in [6.07, 6.45) is 0. The van der Waals surface area contributed by atoms with Gasteiger partial charge in [-0.3, -0.25) is 0 Å². The molecule has 0 radical (unpaired) electrons. The lowest BCUT2D eigenvalue weighted by molar-refractivity contribution is 0.00578. The summed E-state index contributed by atoms with van der Waals surface area (Å²) in [5.74, 6) is -0.597. The third-order valence-corrected chi connectivity index (χ3v) is 5.53. The van der Waals surface area contributed by atoms with Crippen LogP contribution in [-0.4, -0.2) is 37.5 Å². The number of hydrogen-bond acceptors (Lipinski definition) is 5. The van der Waals surface area contributed by atoms with Gasteiger partial charge >= 0.3 is 7.12 Å². The molecule has 0 amide bonds. The van der Waals surface area contributed by atoms with Gasteiger partial charge in [0.1, 0.15) is 0 Å². The van der Waals surface area contributed by atoms with E-state index in [0.29, 0.717) is 21.7 Å². The molecule has 0 spiro atoms. The smallest absolute Gasteiger partial charge is 0.489 e. The Morgan fingerprint density at radius 3 is 2.26 bits per heavy atom. The van der Waals surface area contributed by atoms with E-state index >= 15 is 0 Å². The Morgan fingerprint density at radius 2 is 1.70 bits per heavy atom. The van der Waals surface area contributed by atoms with Crippen LogP contribution in [0.15, 0.2) is 24.3 Å². The highest BCUT2D eigenvalue weighted by molar-refractivity contribution is 6.66. The van der Waals surface area contributed by atoms with Gasteiger partial charge in [-0.15, -0.1) is 0 Å². The Balaban J connectivity index is 2.06. The van der Waals surface area contributed by atoms with E-state index < -0.39 is 24.1 Å². The van der Waals surface area contributed by atoms with Crippen molar-refractivity contribution in [2.75, 3.05) is 14.2 Å². The van der Waals surface area contributed by atoms with Crippen LogP contribution in [0.2, 0.25) is 5.02 Å². The molecule has 0 N–H and O–H groups in total. The second-order valence-corrected chi connectivity index (χ2v) is 7.71. The molecule has 3 rings (SSSR count). The lowest BCUT2D eigenvalue weighted by atomic mass is 9.78. The van der Waals surface area contributed by atoms with E-state index in [-0.39, 0.29) is 11.6 Å². The molecule has 2 aromatic rings. The number of halogens is 2. The molecule has 27 heavy (non-hydrogen) atoms. The SMILES string of the molecule is COc1nc(-c2cccc(B3OC(C)(C)C(C)(C)O3)c2Cl)cc(F)c1OC. The lowest BCUT2D eigenvalue weighted by Gasteiger charge is -2.32. The van der Waals surface area contributed by atoms with Gasteiger partial charge in [0.05, 0.1) is 31.1 Å². The summed E-state index contributed by atoms with van der Waals surface area (Å²) in [7, 11) is 2.12. The minimum absolute atomic E-state index is 0.0459. The van der Waals surface area contributed by atoms with Crippen LogP contribution >= 0.6 is 11.6 Å². The van der Waals surface area contributed by atoms with Crippen LogP contribution in [0.25, 0.3) is 11.3 Å². The van der Waals surface area contributed by atoms with Gasteiger partial charge in [-0.1, -0.05) is 29.8 Å². The molecule has 1 fully saturated rings. The molecule has 0 aliphatic carbocycles. The molecule has 1 aromatic heterocycles. The van der Waals surface area contributed by atoms with Gasteiger partial charge in [0, 0.05) is 22.1 Å². The van der Waals surface area contributed by atoms with E-state index in [1.165, 1.54) is 20.3 Å². The summed E-state index contributed by atoms with van der Waals surface area (Å²) in [6.45, 7) is 7.87. The van der Waals surface area contributed by atoms with E-state index in [2.05, 4.69) is 4.98 Å². The number of methoxy groups -OCH3 is 2. The van der Waals surface area contributed by atoms with E-state index in [4.69, 9.17) is 30.4 Å². The van der Waals surface area contributed by atoms with Crippen molar-refractivity contribution in [3.8, 4) is 22.9 Å². The highest BCUT2D eigenvalue weighted by Gasteiger charge is 2.52. The molecule has 2 heterocycles. The summed E-state index contributed by atoms with van der Waals surface area (Å²) >= 11 is 6.64. The number of pyridine rings is 1. The van der Waals surface area contributed by atoms with Crippen LogP contribution in [-0.2, 0) is 9.31 Å². The summed E-state index contributed by atoms with van der Waals surface area (Å²) in [4.78, 5) is 4.33. The van der Waals surface area contributed by atoms with E-state index in [1.807, 2.05) is 33.8 Å². The normalized spacial score (nSPS) is 17.9. The first-order valence-corrected chi connectivity index (χ1v) is 8.92. The standard InChI is InChI=1S/C19H22BClFNO4/c1-18(2)19(3,4)27-20(26-18)12-9-7-8-11(15(12)21)14-10-13(22)16(24-5)17(23-14)25-6/h7-10H,1-6H3. The third-order valence-electron chi connectivity index (χ3n) is 5.11. The first-order chi connectivity index (χ1) is 12.6. The van der Waals surface area contributed by atoms with Crippen molar-refractivity contribution < 1.29 is 23.2 Å². The van der Waals surface area contributed by atoms with Gasteiger partial charge in [0.25, 0.3) is 5.88 Å². The van der Waals surface area contributed by atoms with Crippen LogP contribution in [0.3, 0.4) is 0 Å². The van der Waals surface area contributed by atoms with E-state index in [9.17, 15) is 4.39 Å². The second kappa shape index (κ2) is 6.97. The van der Waals surface area contributed by atoms with Gasteiger partial charge in [-0.2, -0.15) is 0 Å². The molecule has 0 bridgehead atoms. The van der Waals surface area contributed by atoms with Crippen LogP contribution in [0.5, 0.6) is 11.6 Å².